The van der Waals surface area contributed by atoms with Gasteiger partial charge in [0.1, 0.15) is 4.83 Å². The molecule has 116 valence electrons. The van der Waals surface area contributed by atoms with Crippen molar-refractivity contribution in [2.75, 3.05) is 26.8 Å². The lowest BCUT2D eigenvalue weighted by molar-refractivity contribution is 0.142. The Morgan fingerprint density at radius 1 is 1.52 bits per heavy atom. The second kappa shape index (κ2) is 7.13. The Labute approximate surface area is 127 Å². The molecule has 1 atom stereocenters. The van der Waals surface area contributed by atoms with E-state index in [2.05, 4.69) is 10.3 Å². The number of nitrogens with one attached hydrogen (secondary N) is 1. The first-order valence-corrected chi connectivity index (χ1v) is 7.69. The summed E-state index contributed by atoms with van der Waals surface area (Å²) in [6, 6.07) is 0. The lowest BCUT2D eigenvalue weighted by Gasteiger charge is -2.13. The zero-order chi connectivity index (χ0) is 15.4. The summed E-state index contributed by atoms with van der Waals surface area (Å²) in [4.78, 5) is 18.6. The van der Waals surface area contributed by atoms with Gasteiger partial charge in [-0.25, -0.2) is 4.98 Å². The van der Waals surface area contributed by atoms with Crippen LogP contribution in [0.2, 0.25) is 0 Å². The molecule has 0 radical (unpaired) electrons. The third-order valence-electron chi connectivity index (χ3n) is 3.43. The molecular formula is C14H21N3O3S. The molecule has 0 bridgehead atoms. The molecule has 6 nitrogen and oxygen atoms in total. The van der Waals surface area contributed by atoms with Crippen molar-refractivity contribution in [3.63, 3.8) is 0 Å². The number of fused-ring (bicyclic) bond motifs is 1. The number of ether oxygens (including phenoxy) is 1. The van der Waals surface area contributed by atoms with Crippen LogP contribution in [0.5, 0.6) is 0 Å². The number of hydrogen-bond acceptors (Lipinski definition) is 6. The number of methoxy groups -OCH3 is 1. The van der Waals surface area contributed by atoms with Crippen molar-refractivity contribution in [2.24, 2.45) is 0 Å². The van der Waals surface area contributed by atoms with Crippen LogP contribution in [-0.2, 0) is 11.3 Å². The second-order valence-corrected chi connectivity index (χ2v) is 6.22. The molecule has 2 N–H and O–H groups in total. The van der Waals surface area contributed by atoms with E-state index in [4.69, 9.17) is 4.74 Å². The van der Waals surface area contributed by atoms with Gasteiger partial charge < -0.3 is 15.2 Å². The quantitative estimate of drug-likeness (QED) is 0.735. The van der Waals surface area contributed by atoms with E-state index in [1.165, 1.54) is 22.2 Å². The Kier molecular flexibility index (Phi) is 5.46. The minimum atomic E-state index is -0.640. The molecule has 0 aliphatic rings. The maximum absolute atomic E-state index is 12.5. The molecule has 0 amide bonds. The molecule has 2 aromatic rings. The lowest BCUT2D eigenvalue weighted by atomic mass is 10.2. The summed E-state index contributed by atoms with van der Waals surface area (Å²) in [5, 5.41) is 13.7. The minimum absolute atomic E-state index is 0.0854. The average molecular weight is 311 g/mol. The highest BCUT2D eigenvalue weighted by molar-refractivity contribution is 7.18. The van der Waals surface area contributed by atoms with Crippen LogP contribution in [0.1, 0.15) is 10.4 Å². The summed E-state index contributed by atoms with van der Waals surface area (Å²) < 4.78 is 6.39. The van der Waals surface area contributed by atoms with Crippen molar-refractivity contribution >= 4 is 21.6 Å². The topological polar surface area (TPSA) is 76.4 Å². The van der Waals surface area contributed by atoms with Crippen LogP contribution in [0.15, 0.2) is 11.1 Å². The van der Waals surface area contributed by atoms with Gasteiger partial charge in [-0.2, -0.15) is 0 Å². The standard InChI is InChI=1S/C14H21N3O3S/c1-9-10(2)21-13-12(9)14(19)17(8-16-13)7-11(18)6-15-4-5-20-3/h8,11,15,18H,4-7H2,1-3H3. The van der Waals surface area contributed by atoms with Gasteiger partial charge in [0.25, 0.3) is 5.56 Å². The zero-order valence-electron chi connectivity index (χ0n) is 12.5. The van der Waals surface area contributed by atoms with Gasteiger partial charge in [0.15, 0.2) is 0 Å². The van der Waals surface area contributed by atoms with E-state index in [0.29, 0.717) is 25.1 Å². The Bertz CT molecular complexity index is 665. The van der Waals surface area contributed by atoms with Crippen LogP contribution in [0, 0.1) is 13.8 Å². The summed E-state index contributed by atoms with van der Waals surface area (Å²) in [6.45, 7) is 5.83. The fourth-order valence-electron chi connectivity index (χ4n) is 2.13. The zero-order valence-corrected chi connectivity index (χ0v) is 13.4. The van der Waals surface area contributed by atoms with Gasteiger partial charge in [-0.15, -0.1) is 11.3 Å². The molecule has 7 heteroatoms. The van der Waals surface area contributed by atoms with Crippen molar-refractivity contribution in [2.45, 2.75) is 26.5 Å². The highest BCUT2D eigenvalue weighted by atomic mass is 32.1. The molecule has 0 aliphatic heterocycles. The van der Waals surface area contributed by atoms with Gasteiger partial charge in [0.2, 0.25) is 0 Å². The van der Waals surface area contributed by atoms with E-state index in [1.807, 2.05) is 13.8 Å². The predicted octanol–water partition coefficient (Wildman–Crippen LogP) is 0.672. The molecule has 2 rings (SSSR count). The van der Waals surface area contributed by atoms with Crippen molar-refractivity contribution in [1.29, 1.82) is 0 Å². The van der Waals surface area contributed by atoms with Crippen molar-refractivity contribution in [1.82, 2.24) is 14.9 Å². The molecule has 2 aromatic heterocycles. The van der Waals surface area contributed by atoms with Gasteiger partial charge in [0, 0.05) is 25.1 Å². The van der Waals surface area contributed by atoms with Gasteiger partial charge in [-0.05, 0) is 19.4 Å². The summed E-state index contributed by atoms with van der Waals surface area (Å²) in [7, 11) is 1.63. The number of hydrogen-bond donors (Lipinski definition) is 2. The number of aliphatic hydroxyl groups is 1. The van der Waals surface area contributed by atoms with Crippen LogP contribution in [0.25, 0.3) is 10.2 Å². The van der Waals surface area contributed by atoms with Crippen molar-refractivity contribution in [3.05, 3.63) is 27.1 Å². The normalized spacial score (nSPS) is 13.0. The number of aliphatic hydroxyl groups excluding tert-OH is 1. The molecule has 1 unspecified atom stereocenters. The number of rotatable bonds is 7. The van der Waals surface area contributed by atoms with Crippen molar-refractivity contribution in [3.8, 4) is 0 Å². The second-order valence-electron chi connectivity index (χ2n) is 5.02. The summed E-state index contributed by atoms with van der Waals surface area (Å²) in [5.74, 6) is 0. The number of aryl methyl sites for hydroxylation is 2. The van der Waals surface area contributed by atoms with Crippen LogP contribution >= 0.6 is 11.3 Å². The Morgan fingerprint density at radius 3 is 3.00 bits per heavy atom. The maximum Gasteiger partial charge on any atom is 0.262 e. The first-order valence-electron chi connectivity index (χ1n) is 6.87. The molecule has 0 saturated carbocycles. The molecule has 21 heavy (non-hydrogen) atoms. The van der Waals surface area contributed by atoms with Gasteiger partial charge in [-0.1, -0.05) is 0 Å². The SMILES string of the molecule is COCCNCC(O)Cn1cnc2sc(C)c(C)c2c1=O. The first-order chi connectivity index (χ1) is 10.0. The Hall–Kier alpha value is -1.28. The van der Waals surface area contributed by atoms with E-state index in [-0.39, 0.29) is 12.1 Å². The first kappa shape index (κ1) is 16.1. The van der Waals surface area contributed by atoms with E-state index >= 15 is 0 Å². The molecule has 2 heterocycles. The lowest BCUT2D eigenvalue weighted by Crippen LogP contribution is -2.35. The van der Waals surface area contributed by atoms with E-state index in [1.54, 1.807) is 7.11 Å². The Morgan fingerprint density at radius 2 is 2.29 bits per heavy atom. The number of aromatic nitrogens is 2. The maximum atomic E-state index is 12.5. The monoisotopic (exact) mass is 311 g/mol. The third-order valence-corrected chi connectivity index (χ3v) is 4.54. The number of nitrogens with zero attached hydrogens (tertiary/aromatic N) is 2. The average Bonchev–Trinajstić information content (AvgIpc) is 2.74. The fraction of sp³-hybridized carbons (Fsp3) is 0.571. The Balaban J connectivity index is 2.10. The smallest absolute Gasteiger partial charge is 0.262 e. The molecular weight excluding hydrogens is 290 g/mol. The van der Waals surface area contributed by atoms with Gasteiger partial charge >= 0.3 is 0 Å². The molecule has 0 fully saturated rings. The summed E-state index contributed by atoms with van der Waals surface area (Å²) in [6.07, 6.45) is 0.872. The highest BCUT2D eigenvalue weighted by Gasteiger charge is 2.13. The molecule has 0 aliphatic carbocycles. The molecule has 0 spiro atoms. The third kappa shape index (κ3) is 3.68. The van der Waals surface area contributed by atoms with Crippen LogP contribution < -0.4 is 10.9 Å². The largest absolute Gasteiger partial charge is 0.390 e. The van der Waals surface area contributed by atoms with Crippen molar-refractivity contribution < 1.29 is 9.84 Å². The van der Waals surface area contributed by atoms with E-state index in [9.17, 15) is 9.90 Å². The van der Waals surface area contributed by atoms with Gasteiger partial charge in [-0.3, -0.25) is 9.36 Å². The number of thiophene rings is 1. The predicted molar refractivity (Wildman–Crippen MR) is 84.1 cm³/mol. The van der Waals surface area contributed by atoms with Crippen LogP contribution in [0.3, 0.4) is 0 Å². The minimum Gasteiger partial charge on any atom is -0.390 e. The summed E-state index contributed by atoms with van der Waals surface area (Å²) in [5.41, 5.74) is 0.896. The molecule has 0 aromatic carbocycles. The summed E-state index contributed by atoms with van der Waals surface area (Å²) >= 11 is 1.53. The highest BCUT2D eigenvalue weighted by Crippen LogP contribution is 2.25. The van der Waals surface area contributed by atoms with Crippen LogP contribution in [-0.4, -0.2) is 47.6 Å². The van der Waals surface area contributed by atoms with E-state index in [0.717, 1.165) is 15.3 Å². The van der Waals surface area contributed by atoms with E-state index < -0.39 is 6.10 Å². The molecule has 0 saturated heterocycles. The fourth-order valence-corrected chi connectivity index (χ4v) is 3.12. The van der Waals surface area contributed by atoms with Crippen LogP contribution in [0.4, 0.5) is 0 Å². The van der Waals surface area contributed by atoms with Gasteiger partial charge in [0.05, 0.1) is 31.0 Å².